The molecule has 2 aromatic carbocycles. The first-order chi connectivity index (χ1) is 32.3. The predicted octanol–water partition coefficient (Wildman–Crippen LogP) is 6.92. The second-order valence-corrected chi connectivity index (χ2v) is 19.8. The molecule has 1 aliphatic carbocycles. The lowest BCUT2D eigenvalue weighted by Gasteiger charge is -2.47. The fourth-order valence-corrected chi connectivity index (χ4v) is 11.0. The molecule has 3 N–H and O–H groups in total. The van der Waals surface area contributed by atoms with Crippen LogP contribution in [-0.4, -0.2) is 109 Å². The Morgan fingerprint density at radius 2 is 1.69 bits per heavy atom. The summed E-state index contributed by atoms with van der Waals surface area (Å²) in [7, 11) is 0. The molecule has 3 saturated heterocycles. The molecule has 1 spiro atoms. The normalized spacial score (nSPS) is 22.1. The summed E-state index contributed by atoms with van der Waals surface area (Å²) in [5, 5.41) is 17.7. The number of hydrogen-bond donors (Lipinski definition) is 3. The van der Waals surface area contributed by atoms with Gasteiger partial charge in [0.15, 0.2) is 11.5 Å². The topological polar surface area (TPSA) is 174 Å². The number of carbonyl (C=O) groups is 3. The second kappa shape index (κ2) is 18.2. The lowest BCUT2D eigenvalue weighted by atomic mass is 9.65. The Morgan fingerprint density at radius 1 is 0.896 bits per heavy atom. The summed E-state index contributed by atoms with van der Waals surface area (Å²) >= 11 is 6.45. The number of benzene rings is 2. The number of urea groups is 1. The van der Waals surface area contributed by atoms with Gasteiger partial charge in [0.2, 0.25) is 11.9 Å². The molecular weight excluding hydrogens is 870 g/mol. The van der Waals surface area contributed by atoms with Crippen molar-refractivity contribution in [1.29, 1.82) is 0 Å². The van der Waals surface area contributed by atoms with Gasteiger partial charge in [0.25, 0.3) is 11.5 Å². The number of pyridine rings is 1. The minimum Gasteiger partial charge on any atom is -0.384 e. The van der Waals surface area contributed by atoms with Crippen molar-refractivity contribution in [3.05, 3.63) is 105 Å². The number of halogens is 1. The summed E-state index contributed by atoms with van der Waals surface area (Å²) in [4.78, 5) is 74.3. The van der Waals surface area contributed by atoms with Crippen molar-refractivity contribution in [3.8, 4) is 5.82 Å². The van der Waals surface area contributed by atoms with Crippen LogP contribution in [0.2, 0.25) is 5.02 Å². The Hall–Kier alpha value is -6.10. The number of piperidine rings is 1. The number of piperazine rings is 1. The second-order valence-electron chi connectivity index (χ2n) is 19.4. The minimum absolute atomic E-state index is 0.0508. The van der Waals surface area contributed by atoms with E-state index in [1.165, 1.54) is 41.8 Å². The molecule has 3 aromatic heterocycles. The first-order valence-corrected chi connectivity index (χ1v) is 24.1. The van der Waals surface area contributed by atoms with E-state index < -0.39 is 11.6 Å². The number of carbonyl (C=O) groups excluding carboxylic acids is 3. The van der Waals surface area contributed by atoms with Crippen LogP contribution in [0.3, 0.4) is 0 Å². The standard InChI is InChI=1S/C50H58ClN11O5/c1-33-9-11-36(53-47-52-31-37-44(56-47)62-42-8-6-7-41(54-42)49(2,67)16-4-3-5-21-61(62)46(37)65)30-39(33)58-27-25-57(26-28-58)32-34-13-17-50(18-14-34)19-23-59(24-20-50)45(64)35-10-12-38(51)40(29-35)60-22-15-43(63)55-48(60)66/h3,5-12,29-31,34,67H,4,13-28,32H2,1-2H3,(H,52,53,56)(H,55,63,66)/b5-3-/t49-/m1/s1. The maximum absolute atomic E-state index is 13.7. The number of likely N-dealkylation sites (tertiary alicyclic amines) is 1. The first-order valence-electron chi connectivity index (χ1n) is 23.7. The Labute approximate surface area is 394 Å². The zero-order valence-corrected chi connectivity index (χ0v) is 39.0. The Morgan fingerprint density at radius 3 is 2.46 bits per heavy atom. The van der Waals surface area contributed by atoms with Crippen molar-refractivity contribution in [2.24, 2.45) is 11.3 Å². The molecule has 0 radical (unpaired) electrons. The van der Waals surface area contributed by atoms with Crippen LogP contribution in [-0.2, 0) is 16.9 Å². The van der Waals surface area contributed by atoms with Crippen molar-refractivity contribution in [3.63, 3.8) is 0 Å². The van der Waals surface area contributed by atoms with E-state index in [9.17, 15) is 24.3 Å². The maximum Gasteiger partial charge on any atom is 0.328 e. The molecule has 7 heterocycles. The molecule has 4 amide bonds. The monoisotopic (exact) mass is 927 g/mol. The Kier molecular flexibility index (Phi) is 12.1. The zero-order valence-electron chi connectivity index (χ0n) is 38.2. The van der Waals surface area contributed by atoms with Gasteiger partial charge in [-0.25, -0.2) is 24.1 Å². The fraction of sp³-hybridized carbons (Fsp3) is 0.460. The van der Waals surface area contributed by atoms with E-state index in [2.05, 4.69) is 44.5 Å². The molecule has 4 fully saturated rings. The number of amides is 4. The summed E-state index contributed by atoms with van der Waals surface area (Å²) in [6.07, 6.45) is 13.7. The SMILES string of the molecule is Cc1ccc(Nc2ncc3c(=O)n4n(c3n2)-c2cccc(n2)[C@](C)(O)CC/C=C\C4)cc1N1CCN(CC2CCC3(CC2)CCN(C(=O)c2ccc(Cl)c(N4CCC(=O)NC4=O)c2)CC3)CC1. The number of nitrogens with zero attached hydrogens (tertiary/aromatic N) is 9. The number of imide groups is 1. The van der Waals surface area contributed by atoms with E-state index in [-0.39, 0.29) is 35.8 Å². The number of anilines is 4. The molecule has 4 aliphatic heterocycles. The maximum atomic E-state index is 13.7. The van der Waals surface area contributed by atoms with Gasteiger partial charge < -0.3 is 20.2 Å². The molecule has 350 valence electrons. The summed E-state index contributed by atoms with van der Waals surface area (Å²) in [5.41, 5.74) is 4.09. The minimum atomic E-state index is -1.13. The van der Waals surface area contributed by atoms with Crippen LogP contribution in [0.15, 0.2) is 77.7 Å². The number of allylic oxidation sites excluding steroid dienone is 2. The number of fused-ring (bicyclic) bond motifs is 6. The highest BCUT2D eigenvalue weighted by atomic mass is 35.5. The van der Waals surface area contributed by atoms with E-state index in [1.54, 1.807) is 40.7 Å². The van der Waals surface area contributed by atoms with E-state index >= 15 is 0 Å². The van der Waals surface area contributed by atoms with Gasteiger partial charge in [0.1, 0.15) is 11.0 Å². The van der Waals surface area contributed by atoms with E-state index in [0.29, 0.717) is 83.2 Å². The summed E-state index contributed by atoms with van der Waals surface area (Å²) in [6, 6.07) is 16.3. The highest BCUT2D eigenvalue weighted by Gasteiger charge is 2.40. The highest BCUT2D eigenvalue weighted by molar-refractivity contribution is 6.34. The largest absolute Gasteiger partial charge is 0.384 e. The van der Waals surface area contributed by atoms with Crippen LogP contribution in [0.1, 0.15) is 86.3 Å². The summed E-state index contributed by atoms with van der Waals surface area (Å²) in [6.45, 7) is 10.9. The number of aromatic nitrogens is 5. The van der Waals surface area contributed by atoms with Crippen LogP contribution in [0.4, 0.5) is 27.8 Å². The Balaban J connectivity index is 0.734. The first kappa shape index (κ1) is 44.7. The van der Waals surface area contributed by atoms with Crippen molar-refractivity contribution in [2.45, 2.75) is 83.8 Å². The van der Waals surface area contributed by atoms with Crippen molar-refractivity contribution < 1.29 is 19.5 Å². The van der Waals surface area contributed by atoms with Crippen molar-refractivity contribution in [2.75, 3.05) is 67.5 Å². The number of rotatable bonds is 7. The summed E-state index contributed by atoms with van der Waals surface area (Å²) in [5.74, 6) is 1.17. The van der Waals surface area contributed by atoms with Gasteiger partial charge >= 0.3 is 6.03 Å². The van der Waals surface area contributed by atoms with Gasteiger partial charge in [-0.1, -0.05) is 35.9 Å². The Bertz CT molecular complexity index is 2810. The van der Waals surface area contributed by atoms with Crippen LogP contribution in [0.25, 0.3) is 16.9 Å². The van der Waals surface area contributed by atoms with E-state index in [1.807, 2.05) is 41.3 Å². The molecule has 1 atom stereocenters. The molecule has 5 aromatic rings. The molecule has 10 rings (SSSR count). The third kappa shape index (κ3) is 9.06. The van der Waals surface area contributed by atoms with Crippen LogP contribution in [0, 0.1) is 18.3 Å². The molecule has 0 unspecified atom stereocenters. The molecule has 17 heteroatoms. The quantitative estimate of drug-likeness (QED) is 0.145. The van der Waals surface area contributed by atoms with Crippen LogP contribution in [0.5, 0.6) is 0 Å². The molecular formula is C50H58ClN11O5. The van der Waals surface area contributed by atoms with Gasteiger partial charge in [-0.05, 0) is 125 Å². The smallest absolute Gasteiger partial charge is 0.328 e. The molecule has 1 saturated carbocycles. The van der Waals surface area contributed by atoms with Gasteiger partial charge in [-0.3, -0.25) is 29.5 Å². The third-order valence-electron chi connectivity index (χ3n) is 14.9. The van der Waals surface area contributed by atoms with E-state index in [0.717, 1.165) is 51.3 Å². The van der Waals surface area contributed by atoms with Crippen molar-refractivity contribution in [1.82, 2.24) is 39.4 Å². The van der Waals surface area contributed by atoms with Gasteiger partial charge in [-0.2, -0.15) is 4.98 Å². The molecule has 2 bridgehead atoms. The zero-order chi connectivity index (χ0) is 46.5. The highest BCUT2D eigenvalue weighted by Crippen LogP contribution is 2.47. The summed E-state index contributed by atoms with van der Waals surface area (Å²) < 4.78 is 3.34. The molecule has 67 heavy (non-hydrogen) atoms. The van der Waals surface area contributed by atoms with Crippen LogP contribution >= 0.6 is 11.6 Å². The fourth-order valence-electron chi connectivity index (χ4n) is 10.8. The third-order valence-corrected chi connectivity index (χ3v) is 15.3. The average Bonchev–Trinajstić information content (AvgIpc) is 3.60. The number of aliphatic hydroxyl groups is 1. The number of hydrogen-bond acceptors (Lipinski definition) is 11. The van der Waals surface area contributed by atoms with E-state index in [4.69, 9.17) is 21.6 Å². The number of aryl methyl sites for hydroxylation is 1. The lowest BCUT2D eigenvalue weighted by molar-refractivity contribution is -0.120. The average molecular weight is 929 g/mol. The van der Waals surface area contributed by atoms with Crippen LogP contribution < -0.4 is 26.0 Å². The molecule has 16 nitrogen and oxygen atoms in total. The molecule has 5 aliphatic rings. The number of nitrogens with one attached hydrogen (secondary N) is 2. The van der Waals surface area contributed by atoms with Crippen molar-refractivity contribution >= 4 is 63.5 Å². The van der Waals surface area contributed by atoms with Gasteiger partial charge in [0.05, 0.1) is 22.9 Å². The van der Waals surface area contributed by atoms with Gasteiger partial charge in [-0.15, -0.1) is 0 Å². The lowest BCUT2D eigenvalue weighted by Crippen LogP contribution is -2.50. The van der Waals surface area contributed by atoms with Gasteiger partial charge in [0, 0.05) is 81.9 Å². The predicted molar refractivity (Wildman–Crippen MR) is 258 cm³/mol.